The number of carbonyl (C=O) groups excluding carboxylic acids is 1. The quantitative estimate of drug-likeness (QED) is 0.727. The lowest BCUT2D eigenvalue weighted by molar-refractivity contribution is -0.124. The number of aromatic hydroxyl groups is 1. The zero-order chi connectivity index (χ0) is 17.9. The summed E-state index contributed by atoms with van der Waals surface area (Å²) in [7, 11) is 2.89. The maximum atomic E-state index is 13.4. The third kappa shape index (κ3) is 4.28. The molecule has 0 aliphatic heterocycles. The first-order valence-corrected chi connectivity index (χ1v) is 7.19. The van der Waals surface area contributed by atoms with Crippen LogP contribution in [0.15, 0.2) is 10.9 Å². The smallest absolute Gasteiger partial charge is 0.276 e. The Bertz CT molecular complexity index is 638. The fraction of sp³-hybridized carbons (Fsp3) is 0.600. The predicted molar refractivity (Wildman–Crippen MR) is 80.5 cm³/mol. The lowest BCUT2D eigenvalue weighted by Crippen LogP contribution is -2.29. The maximum Gasteiger partial charge on any atom is 0.276 e. The summed E-state index contributed by atoms with van der Waals surface area (Å²) in [6.07, 6.45) is -1.66. The van der Waals surface area contributed by atoms with Gasteiger partial charge in [-0.2, -0.15) is 0 Å². The van der Waals surface area contributed by atoms with Crippen molar-refractivity contribution in [3.8, 4) is 5.75 Å². The summed E-state index contributed by atoms with van der Waals surface area (Å²) in [5, 5.41) is 22.0. The van der Waals surface area contributed by atoms with Crippen LogP contribution in [0.3, 0.4) is 0 Å². The van der Waals surface area contributed by atoms with E-state index in [4.69, 9.17) is 0 Å². The van der Waals surface area contributed by atoms with Crippen LogP contribution < -0.4 is 10.7 Å². The van der Waals surface area contributed by atoms with Gasteiger partial charge in [-0.15, -0.1) is 0 Å². The minimum Gasteiger partial charge on any atom is -0.503 e. The van der Waals surface area contributed by atoms with E-state index < -0.39 is 28.9 Å². The van der Waals surface area contributed by atoms with Gasteiger partial charge in [-0.1, -0.05) is 6.92 Å². The molecule has 1 aromatic heterocycles. The maximum absolute atomic E-state index is 13.4. The zero-order valence-electron chi connectivity index (χ0n) is 13.6. The van der Waals surface area contributed by atoms with Crippen LogP contribution in [0.5, 0.6) is 5.75 Å². The molecule has 6 nitrogen and oxygen atoms in total. The molecule has 0 radical (unpaired) electrons. The minimum atomic E-state index is -3.52. The van der Waals surface area contributed by atoms with Gasteiger partial charge in [-0.05, 0) is 12.8 Å². The van der Waals surface area contributed by atoms with Crippen molar-refractivity contribution in [2.75, 3.05) is 7.05 Å². The van der Waals surface area contributed by atoms with Gasteiger partial charge < -0.3 is 20.1 Å². The van der Waals surface area contributed by atoms with Crippen molar-refractivity contribution >= 4 is 5.91 Å². The monoisotopic (exact) mass is 332 g/mol. The first-order valence-electron chi connectivity index (χ1n) is 7.19. The molecule has 23 heavy (non-hydrogen) atoms. The van der Waals surface area contributed by atoms with Crippen molar-refractivity contribution in [1.29, 1.82) is 0 Å². The van der Waals surface area contributed by atoms with Crippen LogP contribution >= 0.6 is 0 Å². The molecule has 0 aliphatic rings. The van der Waals surface area contributed by atoms with Crippen LogP contribution in [-0.2, 0) is 18.3 Å². The van der Waals surface area contributed by atoms with E-state index in [-0.39, 0.29) is 18.2 Å². The van der Waals surface area contributed by atoms with Gasteiger partial charge in [0, 0.05) is 38.7 Å². The van der Waals surface area contributed by atoms with E-state index in [0.29, 0.717) is 19.0 Å². The summed E-state index contributed by atoms with van der Waals surface area (Å²) in [5.74, 6) is -4.92. The highest BCUT2D eigenvalue weighted by atomic mass is 19.3. The number of hydrogen-bond acceptors (Lipinski definition) is 4. The number of aliphatic hydroxyl groups is 1. The molecule has 0 aliphatic carbocycles. The van der Waals surface area contributed by atoms with Crippen LogP contribution in [-0.4, -0.2) is 33.7 Å². The fourth-order valence-electron chi connectivity index (χ4n) is 2.29. The van der Waals surface area contributed by atoms with Gasteiger partial charge in [0.2, 0.25) is 11.3 Å². The van der Waals surface area contributed by atoms with Gasteiger partial charge >= 0.3 is 0 Å². The Kier molecular flexibility index (Phi) is 5.87. The largest absolute Gasteiger partial charge is 0.503 e. The molecule has 8 heteroatoms. The fourth-order valence-corrected chi connectivity index (χ4v) is 2.29. The molecule has 1 aromatic rings. The third-order valence-electron chi connectivity index (χ3n) is 3.83. The summed E-state index contributed by atoms with van der Waals surface area (Å²) in [6.45, 7) is 2.20. The number of aliphatic hydroxyl groups excluding tert-OH is 1. The van der Waals surface area contributed by atoms with Crippen molar-refractivity contribution in [3.63, 3.8) is 0 Å². The summed E-state index contributed by atoms with van der Waals surface area (Å²) in [6, 6.07) is 1.12. The molecular formula is C15H22F2N2O4. The molecule has 0 aromatic carbocycles. The van der Waals surface area contributed by atoms with Crippen LogP contribution in [0.1, 0.15) is 37.8 Å². The van der Waals surface area contributed by atoms with Crippen molar-refractivity contribution in [1.82, 2.24) is 9.88 Å². The SMILES string of the molecule is CNC(=O)[C@H](C)CCc1cc(=O)c(O)c(C(O)C(C)(F)F)n1C. The van der Waals surface area contributed by atoms with E-state index in [1.807, 2.05) is 0 Å². The number of carbonyl (C=O) groups is 1. The van der Waals surface area contributed by atoms with Crippen molar-refractivity contribution in [2.45, 2.75) is 38.7 Å². The Balaban J connectivity index is 3.19. The second kappa shape index (κ2) is 7.08. The number of nitrogens with zero attached hydrogens (tertiary/aromatic N) is 1. The Morgan fingerprint density at radius 3 is 2.52 bits per heavy atom. The Morgan fingerprint density at radius 2 is 2.04 bits per heavy atom. The molecule has 0 fully saturated rings. The number of amides is 1. The topological polar surface area (TPSA) is 91.6 Å². The van der Waals surface area contributed by atoms with E-state index >= 15 is 0 Å². The molecule has 3 N–H and O–H groups in total. The molecule has 2 atom stereocenters. The first kappa shape index (κ1) is 19.1. The van der Waals surface area contributed by atoms with E-state index in [2.05, 4.69) is 5.32 Å². The summed E-state index contributed by atoms with van der Waals surface area (Å²) >= 11 is 0. The Morgan fingerprint density at radius 1 is 1.48 bits per heavy atom. The average molecular weight is 332 g/mol. The van der Waals surface area contributed by atoms with Gasteiger partial charge in [0.15, 0.2) is 11.9 Å². The Labute approximate surface area is 132 Å². The molecular weight excluding hydrogens is 310 g/mol. The highest BCUT2D eigenvalue weighted by molar-refractivity contribution is 5.77. The molecule has 0 saturated heterocycles. The number of rotatable bonds is 6. The van der Waals surface area contributed by atoms with Crippen LogP contribution in [0, 0.1) is 5.92 Å². The van der Waals surface area contributed by atoms with Crippen LogP contribution in [0.25, 0.3) is 0 Å². The standard InChI is InChI=1S/C15H22F2N2O4/c1-8(14(23)18-3)5-6-9-7-10(20)12(21)11(19(9)4)13(22)15(2,16)17/h7-8,13,21-22H,5-6H2,1-4H3,(H,18,23)/t8-,13?/m1/s1. The lowest BCUT2D eigenvalue weighted by atomic mass is 10.0. The molecule has 0 spiro atoms. The van der Waals surface area contributed by atoms with E-state index in [1.54, 1.807) is 6.92 Å². The van der Waals surface area contributed by atoms with Crippen LogP contribution in [0.2, 0.25) is 0 Å². The van der Waals surface area contributed by atoms with Gasteiger partial charge in [0.1, 0.15) is 0 Å². The van der Waals surface area contributed by atoms with Crippen molar-refractivity contribution < 1.29 is 23.8 Å². The van der Waals surface area contributed by atoms with Gasteiger partial charge in [0.25, 0.3) is 5.92 Å². The average Bonchev–Trinajstić information content (AvgIpc) is 2.47. The van der Waals surface area contributed by atoms with E-state index in [0.717, 1.165) is 6.07 Å². The number of alkyl halides is 2. The van der Waals surface area contributed by atoms with Crippen molar-refractivity contribution in [2.24, 2.45) is 13.0 Å². The van der Waals surface area contributed by atoms with Gasteiger partial charge in [-0.25, -0.2) is 8.78 Å². The molecule has 0 bridgehead atoms. The molecule has 0 saturated carbocycles. The second-order valence-electron chi connectivity index (χ2n) is 5.71. The number of nitrogens with one attached hydrogen (secondary N) is 1. The summed E-state index contributed by atoms with van der Waals surface area (Å²) < 4.78 is 27.9. The number of aryl methyl sites for hydroxylation is 1. The molecule has 1 rings (SSSR count). The van der Waals surface area contributed by atoms with Gasteiger partial charge in [-0.3, -0.25) is 9.59 Å². The number of hydrogen-bond donors (Lipinski definition) is 3. The van der Waals surface area contributed by atoms with Gasteiger partial charge in [0.05, 0.1) is 5.69 Å². The minimum absolute atomic E-state index is 0.172. The van der Waals surface area contributed by atoms with E-state index in [9.17, 15) is 28.6 Å². The van der Waals surface area contributed by atoms with E-state index in [1.165, 1.54) is 18.7 Å². The molecule has 1 unspecified atom stereocenters. The lowest BCUT2D eigenvalue weighted by Gasteiger charge is -2.24. The zero-order valence-corrected chi connectivity index (χ0v) is 13.6. The summed E-state index contributed by atoms with van der Waals surface area (Å²) in [4.78, 5) is 23.3. The number of pyridine rings is 1. The molecule has 1 heterocycles. The van der Waals surface area contributed by atoms with Crippen molar-refractivity contribution in [3.05, 3.63) is 27.7 Å². The second-order valence-corrected chi connectivity index (χ2v) is 5.71. The summed E-state index contributed by atoms with van der Waals surface area (Å²) in [5.41, 5.74) is -1.03. The highest BCUT2D eigenvalue weighted by Gasteiger charge is 2.38. The number of aromatic nitrogens is 1. The Hall–Kier alpha value is -1.96. The first-order chi connectivity index (χ1) is 10.5. The third-order valence-corrected chi connectivity index (χ3v) is 3.83. The molecule has 1 amide bonds. The predicted octanol–water partition coefficient (Wildman–Crippen LogP) is 1.09. The number of halogens is 2. The normalized spacial score (nSPS) is 14.4. The van der Waals surface area contributed by atoms with Crippen LogP contribution in [0.4, 0.5) is 8.78 Å². The molecule has 130 valence electrons. The highest BCUT2D eigenvalue weighted by Crippen LogP contribution is 2.34.